The number of hydrogen-bond acceptors (Lipinski definition) is 4. The summed E-state index contributed by atoms with van der Waals surface area (Å²) in [6.45, 7) is 0. The first-order valence-electron chi connectivity index (χ1n) is 9.29. The molecule has 10 heterocycles. The number of benzene rings is 4. The molecule has 10 aliphatic heterocycles. The maximum atomic E-state index is 3.44. The van der Waals surface area contributed by atoms with Crippen LogP contribution in [0.25, 0.3) is 0 Å². The van der Waals surface area contributed by atoms with Gasteiger partial charge in [-0.1, -0.05) is 0 Å². The molecule has 0 aromatic heterocycles. The third-order valence-corrected chi connectivity index (χ3v) is 4.69. The normalized spacial score (nSPS) is 12.0. The van der Waals surface area contributed by atoms with Gasteiger partial charge >= 0.3 is 0 Å². The fourth-order valence-electron chi connectivity index (χ4n) is 3.21. The SMILES string of the molecule is c1cc2ccc1Nc1ccc(cc1)Nc1ccc(cc1)Nc1ccc(cc1)N2. The van der Waals surface area contributed by atoms with E-state index < -0.39 is 0 Å². The van der Waals surface area contributed by atoms with Crippen LogP contribution in [0.3, 0.4) is 0 Å². The van der Waals surface area contributed by atoms with Crippen molar-refractivity contribution in [1.82, 2.24) is 0 Å². The predicted molar refractivity (Wildman–Crippen MR) is 119 cm³/mol. The van der Waals surface area contributed by atoms with Crippen molar-refractivity contribution in [3.8, 4) is 0 Å². The maximum Gasteiger partial charge on any atom is 0.0385 e. The summed E-state index contributed by atoms with van der Waals surface area (Å²) in [5.41, 5.74) is 8.41. The van der Waals surface area contributed by atoms with Crippen molar-refractivity contribution in [3.05, 3.63) is 97.1 Å². The molecule has 0 amide bonds. The highest BCUT2D eigenvalue weighted by Crippen LogP contribution is 2.26. The van der Waals surface area contributed by atoms with Crippen molar-refractivity contribution in [2.24, 2.45) is 0 Å². The largest absolute Gasteiger partial charge is 0.356 e. The Morgan fingerprint density at radius 3 is 0.429 bits per heavy atom. The standard InChI is InChI=1S/C24H20N4/c1-2-18-4-3-17(1)25-19-5-7-21(8-6-19)27-23-13-15-24(16-14-23)28-22-11-9-20(26-18)10-12-22/h1-16,25-28H. The van der Waals surface area contributed by atoms with Crippen LogP contribution in [0.2, 0.25) is 0 Å². The molecule has 0 spiro atoms. The van der Waals surface area contributed by atoms with Crippen molar-refractivity contribution in [3.63, 3.8) is 0 Å². The first-order valence-corrected chi connectivity index (χ1v) is 9.29. The number of hydrogen-bond donors (Lipinski definition) is 4. The Labute approximate surface area is 164 Å². The van der Waals surface area contributed by atoms with E-state index >= 15 is 0 Å². The quantitative estimate of drug-likeness (QED) is 0.239. The minimum absolute atomic E-state index is 1.05. The summed E-state index contributed by atoms with van der Waals surface area (Å²) in [7, 11) is 0. The summed E-state index contributed by atoms with van der Waals surface area (Å²) in [4.78, 5) is 0. The molecule has 136 valence electrons. The van der Waals surface area contributed by atoms with Crippen LogP contribution < -0.4 is 21.3 Å². The second kappa shape index (κ2) is 7.00. The maximum absolute atomic E-state index is 3.44. The highest BCUT2D eigenvalue weighted by molar-refractivity contribution is 5.71. The first-order chi connectivity index (χ1) is 13.8. The van der Waals surface area contributed by atoms with Gasteiger partial charge in [-0.3, -0.25) is 0 Å². The molecule has 0 atom stereocenters. The highest BCUT2D eigenvalue weighted by atomic mass is 14.9. The molecular weight excluding hydrogens is 344 g/mol. The topological polar surface area (TPSA) is 48.1 Å². The first kappa shape index (κ1) is 16.3. The van der Waals surface area contributed by atoms with E-state index in [1.54, 1.807) is 0 Å². The zero-order chi connectivity index (χ0) is 18.8. The molecule has 0 radical (unpaired) electrons. The summed E-state index contributed by atoms with van der Waals surface area (Å²) >= 11 is 0. The molecule has 4 nitrogen and oxygen atoms in total. The Morgan fingerprint density at radius 1 is 0.214 bits per heavy atom. The fourth-order valence-corrected chi connectivity index (χ4v) is 3.21. The average molecular weight is 364 g/mol. The highest BCUT2D eigenvalue weighted by Gasteiger charge is 2.02. The molecule has 14 rings (SSSR count). The van der Waals surface area contributed by atoms with Gasteiger partial charge in [-0.25, -0.2) is 0 Å². The molecule has 10 aliphatic rings. The number of nitrogens with one attached hydrogen (secondary N) is 4. The van der Waals surface area contributed by atoms with Crippen molar-refractivity contribution in [1.29, 1.82) is 0 Å². The smallest absolute Gasteiger partial charge is 0.0385 e. The van der Waals surface area contributed by atoms with Crippen LogP contribution >= 0.6 is 0 Å². The molecule has 8 bridgehead atoms. The van der Waals surface area contributed by atoms with Gasteiger partial charge in [0.1, 0.15) is 0 Å². The van der Waals surface area contributed by atoms with Gasteiger partial charge in [-0.2, -0.15) is 0 Å². The van der Waals surface area contributed by atoms with E-state index in [-0.39, 0.29) is 0 Å². The van der Waals surface area contributed by atoms with Crippen LogP contribution in [0, 0.1) is 0 Å². The Kier molecular flexibility index (Phi) is 4.07. The Balaban J connectivity index is 1.51. The fraction of sp³-hybridized carbons (Fsp3) is 0. The van der Waals surface area contributed by atoms with Crippen LogP contribution in [0.1, 0.15) is 0 Å². The van der Waals surface area contributed by atoms with E-state index in [1.807, 2.05) is 0 Å². The molecule has 28 heavy (non-hydrogen) atoms. The average Bonchev–Trinajstić information content (AvgIpc) is 2.73. The minimum Gasteiger partial charge on any atom is -0.356 e. The van der Waals surface area contributed by atoms with Gasteiger partial charge in [0, 0.05) is 45.5 Å². The molecule has 0 saturated carbocycles. The predicted octanol–water partition coefficient (Wildman–Crippen LogP) is 6.97. The van der Waals surface area contributed by atoms with E-state index in [0.717, 1.165) is 45.5 Å². The Bertz CT molecular complexity index is 802. The van der Waals surface area contributed by atoms with Gasteiger partial charge in [0.05, 0.1) is 0 Å². The van der Waals surface area contributed by atoms with E-state index in [2.05, 4.69) is 118 Å². The lowest BCUT2D eigenvalue weighted by molar-refractivity contribution is 1.48. The van der Waals surface area contributed by atoms with Crippen LogP contribution in [-0.4, -0.2) is 0 Å². The van der Waals surface area contributed by atoms with Gasteiger partial charge in [0.15, 0.2) is 0 Å². The third-order valence-electron chi connectivity index (χ3n) is 4.69. The zero-order valence-electron chi connectivity index (χ0n) is 15.2. The van der Waals surface area contributed by atoms with Crippen LogP contribution in [0.5, 0.6) is 0 Å². The second-order valence-corrected chi connectivity index (χ2v) is 6.81. The number of anilines is 8. The molecule has 0 saturated heterocycles. The van der Waals surface area contributed by atoms with Gasteiger partial charge in [0.2, 0.25) is 0 Å². The molecule has 4 aromatic rings. The summed E-state index contributed by atoms with van der Waals surface area (Å²) in [5, 5.41) is 13.7. The van der Waals surface area contributed by atoms with Crippen molar-refractivity contribution in [2.45, 2.75) is 0 Å². The second-order valence-electron chi connectivity index (χ2n) is 6.81. The van der Waals surface area contributed by atoms with Crippen LogP contribution in [-0.2, 0) is 0 Å². The van der Waals surface area contributed by atoms with E-state index in [1.165, 1.54) is 0 Å². The Hall–Kier alpha value is -3.92. The van der Waals surface area contributed by atoms with Crippen LogP contribution in [0.4, 0.5) is 45.5 Å². The van der Waals surface area contributed by atoms with Crippen molar-refractivity contribution in [2.75, 3.05) is 21.3 Å². The molecule has 4 N–H and O–H groups in total. The Morgan fingerprint density at radius 2 is 0.321 bits per heavy atom. The lowest BCUT2D eigenvalue weighted by Crippen LogP contribution is -1.96. The molecule has 4 heteroatoms. The third kappa shape index (κ3) is 3.62. The zero-order valence-corrected chi connectivity index (χ0v) is 15.2. The van der Waals surface area contributed by atoms with Crippen molar-refractivity contribution >= 4 is 45.5 Å². The summed E-state index contributed by atoms with van der Waals surface area (Å²) in [6.07, 6.45) is 0. The molecule has 0 fully saturated rings. The van der Waals surface area contributed by atoms with Gasteiger partial charge in [-0.05, 0) is 97.1 Å². The van der Waals surface area contributed by atoms with Gasteiger partial charge in [-0.15, -0.1) is 0 Å². The summed E-state index contributed by atoms with van der Waals surface area (Å²) < 4.78 is 0. The molecule has 0 unspecified atom stereocenters. The number of rotatable bonds is 0. The summed E-state index contributed by atoms with van der Waals surface area (Å²) in [6, 6.07) is 33.2. The van der Waals surface area contributed by atoms with E-state index in [9.17, 15) is 0 Å². The molecule has 0 aliphatic carbocycles. The van der Waals surface area contributed by atoms with Gasteiger partial charge in [0.25, 0.3) is 0 Å². The van der Waals surface area contributed by atoms with Crippen LogP contribution in [0.15, 0.2) is 97.1 Å². The lowest BCUT2D eigenvalue weighted by atomic mass is 10.2. The van der Waals surface area contributed by atoms with E-state index in [4.69, 9.17) is 0 Å². The summed E-state index contributed by atoms with van der Waals surface area (Å²) in [5.74, 6) is 0. The van der Waals surface area contributed by atoms with Crippen molar-refractivity contribution < 1.29 is 0 Å². The minimum atomic E-state index is 1.05. The lowest BCUT2D eigenvalue weighted by Gasteiger charge is -2.13. The van der Waals surface area contributed by atoms with Gasteiger partial charge < -0.3 is 21.3 Å². The molecular formula is C24H20N4. The van der Waals surface area contributed by atoms with E-state index in [0.29, 0.717) is 0 Å². The monoisotopic (exact) mass is 364 g/mol. The molecule has 4 aromatic carbocycles.